The summed E-state index contributed by atoms with van der Waals surface area (Å²) < 4.78 is 0. The van der Waals surface area contributed by atoms with E-state index in [-0.39, 0.29) is 0 Å². The van der Waals surface area contributed by atoms with Crippen molar-refractivity contribution in [3.8, 4) is 0 Å². The largest absolute Gasteiger partial charge is 0.384 e. The summed E-state index contributed by atoms with van der Waals surface area (Å²) >= 11 is 0. The monoisotopic (exact) mass is 221 g/mol. The fourth-order valence-corrected chi connectivity index (χ4v) is 1.98. The average Bonchev–Trinajstić information content (AvgIpc) is 2.28. The summed E-state index contributed by atoms with van der Waals surface area (Å²) in [5.41, 5.74) is 6.93. The lowest BCUT2D eigenvalue weighted by Gasteiger charge is -2.14. The van der Waals surface area contributed by atoms with Crippen LogP contribution in [0.5, 0.6) is 0 Å². The van der Waals surface area contributed by atoms with Crippen LogP contribution < -0.4 is 11.1 Å². The second-order valence-corrected chi connectivity index (χ2v) is 4.26. The van der Waals surface area contributed by atoms with Crippen LogP contribution in [0.4, 0.5) is 5.82 Å². The first-order valence-electron chi connectivity index (χ1n) is 6.14. The predicted octanol–water partition coefficient (Wildman–Crippen LogP) is 2.37. The van der Waals surface area contributed by atoms with Gasteiger partial charge in [-0.3, -0.25) is 0 Å². The third-order valence-corrected chi connectivity index (χ3v) is 2.91. The topological polar surface area (TPSA) is 50.9 Å². The zero-order valence-corrected chi connectivity index (χ0v) is 10.4. The quantitative estimate of drug-likeness (QED) is 0.743. The van der Waals surface area contributed by atoms with Crippen molar-refractivity contribution in [2.45, 2.75) is 45.1 Å². The molecule has 1 atom stereocenters. The highest BCUT2D eigenvalue weighted by molar-refractivity contribution is 5.31. The van der Waals surface area contributed by atoms with Crippen molar-refractivity contribution < 1.29 is 0 Å². The first-order valence-corrected chi connectivity index (χ1v) is 6.14. The summed E-state index contributed by atoms with van der Waals surface area (Å²) in [4.78, 5) is 3.99. The summed E-state index contributed by atoms with van der Waals surface area (Å²) in [6.07, 6.45) is 7.81. The number of nitrogens with one attached hydrogen (secondary N) is 1. The Balaban J connectivity index is 2.29. The van der Waals surface area contributed by atoms with Gasteiger partial charge in [-0.1, -0.05) is 13.3 Å². The third kappa shape index (κ3) is 4.62. The number of aryl methyl sites for hydroxylation is 1. The van der Waals surface area contributed by atoms with Crippen LogP contribution in [0.3, 0.4) is 0 Å². The summed E-state index contributed by atoms with van der Waals surface area (Å²) in [6.45, 7) is 2.23. The van der Waals surface area contributed by atoms with Crippen LogP contribution in [0, 0.1) is 0 Å². The highest BCUT2D eigenvalue weighted by atomic mass is 14.9. The number of rotatable bonds is 7. The van der Waals surface area contributed by atoms with E-state index in [4.69, 9.17) is 5.73 Å². The minimum absolute atomic E-state index is 0.622. The summed E-state index contributed by atoms with van der Waals surface area (Å²) in [6, 6.07) is 4.67. The molecule has 0 saturated carbocycles. The highest BCUT2D eigenvalue weighted by Gasteiger charge is 2.04. The van der Waals surface area contributed by atoms with Crippen LogP contribution in [0.1, 0.15) is 38.2 Å². The molecule has 0 spiro atoms. The van der Waals surface area contributed by atoms with Gasteiger partial charge < -0.3 is 11.1 Å². The molecule has 0 bridgehead atoms. The van der Waals surface area contributed by atoms with Crippen molar-refractivity contribution in [3.05, 3.63) is 23.9 Å². The van der Waals surface area contributed by atoms with Crippen LogP contribution in [-0.2, 0) is 6.42 Å². The maximum Gasteiger partial charge on any atom is 0.123 e. The summed E-state index contributed by atoms with van der Waals surface area (Å²) in [5, 5.41) is 3.36. The van der Waals surface area contributed by atoms with Gasteiger partial charge in [0.15, 0.2) is 0 Å². The molecule has 1 aromatic heterocycles. The predicted molar refractivity (Wildman–Crippen MR) is 69.3 cm³/mol. The molecule has 3 N–H and O–H groups in total. The van der Waals surface area contributed by atoms with Crippen molar-refractivity contribution in [1.82, 2.24) is 10.3 Å². The van der Waals surface area contributed by atoms with Gasteiger partial charge in [0, 0.05) is 12.2 Å². The Labute approximate surface area is 98.5 Å². The fourth-order valence-electron chi connectivity index (χ4n) is 1.98. The molecule has 90 valence electrons. The molecular weight excluding hydrogens is 198 g/mol. The lowest BCUT2D eigenvalue weighted by atomic mass is 10.0. The van der Waals surface area contributed by atoms with Gasteiger partial charge in [-0.05, 0) is 50.4 Å². The molecule has 3 nitrogen and oxygen atoms in total. The molecule has 0 aliphatic heterocycles. The van der Waals surface area contributed by atoms with E-state index in [0.717, 1.165) is 6.42 Å². The summed E-state index contributed by atoms with van der Waals surface area (Å²) in [7, 11) is 2.05. The zero-order chi connectivity index (χ0) is 11.8. The standard InChI is InChI=1S/C13H23N3/c1-3-5-12(15-2)7-4-6-11-8-9-16-13(14)10-11/h8-10,12,15H,3-7H2,1-2H3,(H2,14,16). The van der Waals surface area contributed by atoms with Crippen molar-refractivity contribution in [3.63, 3.8) is 0 Å². The van der Waals surface area contributed by atoms with E-state index in [1.165, 1.54) is 31.2 Å². The van der Waals surface area contributed by atoms with Gasteiger partial charge in [0.1, 0.15) is 5.82 Å². The number of hydrogen-bond acceptors (Lipinski definition) is 3. The van der Waals surface area contributed by atoms with E-state index >= 15 is 0 Å². The summed E-state index contributed by atoms with van der Waals surface area (Å²) in [5.74, 6) is 0.622. The lowest BCUT2D eigenvalue weighted by molar-refractivity contribution is 0.470. The van der Waals surface area contributed by atoms with Gasteiger partial charge in [-0.15, -0.1) is 0 Å². The van der Waals surface area contributed by atoms with Crippen molar-refractivity contribution in [1.29, 1.82) is 0 Å². The normalized spacial score (nSPS) is 12.6. The van der Waals surface area contributed by atoms with Gasteiger partial charge in [0.25, 0.3) is 0 Å². The van der Waals surface area contributed by atoms with Gasteiger partial charge in [-0.25, -0.2) is 4.98 Å². The van der Waals surface area contributed by atoms with Gasteiger partial charge in [0.2, 0.25) is 0 Å². The van der Waals surface area contributed by atoms with Crippen LogP contribution in [0.15, 0.2) is 18.3 Å². The van der Waals surface area contributed by atoms with E-state index in [1.54, 1.807) is 6.20 Å². The molecule has 0 saturated heterocycles. The molecule has 0 aromatic carbocycles. The first kappa shape index (κ1) is 13.0. The maximum atomic E-state index is 5.64. The molecular formula is C13H23N3. The molecule has 0 aliphatic carbocycles. The smallest absolute Gasteiger partial charge is 0.123 e. The molecule has 1 heterocycles. The third-order valence-electron chi connectivity index (χ3n) is 2.91. The molecule has 0 fully saturated rings. The fraction of sp³-hybridized carbons (Fsp3) is 0.615. The van der Waals surface area contributed by atoms with E-state index in [0.29, 0.717) is 11.9 Å². The second kappa shape index (κ2) is 7.23. The molecule has 1 rings (SSSR count). The van der Waals surface area contributed by atoms with Crippen LogP contribution >= 0.6 is 0 Å². The number of pyridine rings is 1. The molecule has 16 heavy (non-hydrogen) atoms. The molecule has 0 amide bonds. The Morgan fingerprint density at radius 2 is 2.25 bits per heavy atom. The Bertz CT molecular complexity index is 299. The highest BCUT2D eigenvalue weighted by Crippen LogP contribution is 2.10. The van der Waals surface area contributed by atoms with Crippen LogP contribution in [0.25, 0.3) is 0 Å². The molecule has 3 heteroatoms. The average molecular weight is 221 g/mol. The van der Waals surface area contributed by atoms with Crippen LogP contribution in [-0.4, -0.2) is 18.1 Å². The van der Waals surface area contributed by atoms with E-state index < -0.39 is 0 Å². The van der Waals surface area contributed by atoms with Crippen molar-refractivity contribution >= 4 is 5.82 Å². The molecule has 0 radical (unpaired) electrons. The number of aromatic nitrogens is 1. The van der Waals surface area contributed by atoms with Gasteiger partial charge in [0.05, 0.1) is 0 Å². The Hall–Kier alpha value is -1.09. The number of nitrogens with two attached hydrogens (primary N) is 1. The van der Waals surface area contributed by atoms with E-state index in [1.807, 2.05) is 19.2 Å². The number of nitrogens with zero attached hydrogens (tertiary/aromatic N) is 1. The van der Waals surface area contributed by atoms with Crippen molar-refractivity contribution in [2.75, 3.05) is 12.8 Å². The maximum absolute atomic E-state index is 5.64. The Kier molecular flexibility index (Phi) is 5.86. The zero-order valence-electron chi connectivity index (χ0n) is 10.4. The van der Waals surface area contributed by atoms with E-state index in [2.05, 4.69) is 17.2 Å². The Morgan fingerprint density at radius 1 is 1.44 bits per heavy atom. The number of hydrogen-bond donors (Lipinski definition) is 2. The van der Waals surface area contributed by atoms with Crippen LogP contribution in [0.2, 0.25) is 0 Å². The Morgan fingerprint density at radius 3 is 2.88 bits per heavy atom. The molecule has 0 aliphatic rings. The van der Waals surface area contributed by atoms with Gasteiger partial charge in [-0.2, -0.15) is 0 Å². The van der Waals surface area contributed by atoms with Crippen molar-refractivity contribution in [2.24, 2.45) is 0 Å². The van der Waals surface area contributed by atoms with Gasteiger partial charge >= 0.3 is 0 Å². The lowest BCUT2D eigenvalue weighted by Crippen LogP contribution is -2.24. The van der Waals surface area contributed by atoms with E-state index in [9.17, 15) is 0 Å². The first-order chi connectivity index (χ1) is 7.76. The number of nitrogen functional groups attached to an aromatic ring is 1. The number of anilines is 1. The molecule has 1 aromatic rings. The minimum Gasteiger partial charge on any atom is -0.384 e. The SMILES string of the molecule is CCCC(CCCc1ccnc(N)c1)NC. The minimum atomic E-state index is 0.622. The second-order valence-electron chi connectivity index (χ2n) is 4.26. The molecule has 1 unspecified atom stereocenters.